The molecule has 0 fully saturated rings. The predicted octanol–water partition coefficient (Wildman–Crippen LogP) is 8.11. The number of hydrazone groups is 1. The van der Waals surface area contributed by atoms with Crippen LogP contribution in [0.25, 0.3) is 6.08 Å². The first-order chi connectivity index (χ1) is 26.0. The number of nitrogens with two attached hydrogens (primary N) is 1. The molecule has 0 atom stereocenters. The van der Waals surface area contributed by atoms with Crippen molar-refractivity contribution in [2.75, 3.05) is 16.5 Å². The van der Waals surface area contributed by atoms with Crippen molar-refractivity contribution in [3.8, 4) is 0 Å². The fraction of sp³-hybridized carbons (Fsp3) is 0.0541. The quantitative estimate of drug-likeness (QED) is 0.0394. The Hall–Kier alpha value is -6.73. The minimum absolute atomic E-state index is 0.0668. The first kappa shape index (κ1) is 38.0. The van der Waals surface area contributed by atoms with Gasteiger partial charge in [0.2, 0.25) is 5.78 Å². The molecule has 0 aliphatic heterocycles. The van der Waals surface area contributed by atoms with Gasteiger partial charge in [0.15, 0.2) is 5.71 Å². The maximum Gasteiger partial charge on any atom is 0.296 e. The molecule has 5 aromatic rings. The summed E-state index contributed by atoms with van der Waals surface area (Å²) in [6.45, 7) is 3.66. The van der Waals surface area contributed by atoms with Crippen LogP contribution in [0.4, 0.5) is 39.8 Å². The Bertz CT molecular complexity index is 2710. The third-order valence-electron chi connectivity index (χ3n) is 8.09. The average molecular weight is 779 g/mol. The molecule has 0 spiro atoms. The van der Waals surface area contributed by atoms with E-state index >= 15 is 0 Å². The van der Waals surface area contributed by atoms with E-state index in [-0.39, 0.29) is 33.3 Å². The normalized spacial score (nSPS) is 13.9. The lowest BCUT2D eigenvalue weighted by Gasteiger charge is -2.16. The van der Waals surface area contributed by atoms with Crippen LogP contribution in [0.2, 0.25) is 0 Å². The number of ketones is 1. The van der Waals surface area contributed by atoms with Crippen molar-refractivity contribution in [2.24, 2.45) is 25.6 Å². The van der Waals surface area contributed by atoms with E-state index in [2.05, 4.69) is 36.3 Å². The van der Waals surface area contributed by atoms with Crippen molar-refractivity contribution in [3.63, 3.8) is 0 Å². The fourth-order valence-electron chi connectivity index (χ4n) is 5.25. The monoisotopic (exact) mass is 778 g/mol. The summed E-state index contributed by atoms with van der Waals surface area (Å²) in [5.74, 6) is -1.17. The van der Waals surface area contributed by atoms with E-state index in [0.717, 1.165) is 23.8 Å². The molecule has 5 aromatic carbocycles. The van der Waals surface area contributed by atoms with Gasteiger partial charge in [-0.1, -0.05) is 0 Å². The maximum absolute atomic E-state index is 13.3. The number of nitrogens with zero attached hydrogens (tertiary/aromatic N) is 5. The lowest BCUT2D eigenvalue weighted by atomic mass is 9.94. The first-order valence-corrected chi connectivity index (χ1v) is 18.9. The first-order valence-electron chi connectivity index (χ1n) is 16.1. The molecule has 0 aromatic heterocycles. The summed E-state index contributed by atoms with van der Waals surface area (Å²) in [5, 5.41) is 23.7. The molecule has 1 amide bonds. The highest BCUT2D eigenvalue weighted by Gasteiger charge is 2.33. The number of amides is 1. The average Bonchev–Trinajstić information content (AvgIpc) is 3.13. The molecular weight excluding hydrogens is 749 g/mol. The Morgan fingerprint density at radius 1 is 0.673 bits per heavy atom. The number of nitrogens with one attached hydrogen (secondary N) is 2. The molecular formula is C37H30N8O8S2. The van der Waals surface area contributed by atoms with Gasteiger partial charge in [-0.3, -0.25) is 24.1 Å². The number of Topliss-reactive ketones (excluding diaryl/α,β-unsaturated/α-hetero) is 1. The van der Waals surface area contributed by atoms with Crippen LogP contribution in [0.1, 0.15) is 37.4 Å². The highest BCUT2D eigenvalue weighted by Crippen LogP contribution is 2.31. The molecule has 6 rings (SSSR count). The van der Waals surface area contributed by atoms with Crippen molar-refractivity contribution in [3.05, 3.63) is 136 Å². The molecule has 0 saturated carbocycles. The van der Waals surface area contributed by atoms with Gasteiger partial charge in [-0.25, -0.2) is 0 Å². The number of hydrogen-bond acceptors (Lipinski definition) is 13. The number of nitrogen functional groups attached to an aromatic ring is 1. The Balaban J connectivity index is 1.13. The van der Waals surface area contributed by atoms with Crippen LogP contribution < -0.4 is 16.5 Å². The van der Waals surface area contributed by atoms with Crippen molar-refractivity contribution in [2.45, 2.75) is 18.7 Å². The highest BCUT2D eigenvalue weighted by molar-refractivity contribution is 7.91. The van der Waals surface area contributed by atoms with E-state index in [4.69, 9.17) is 10.3 Å². The van der Waals surface area contributed by atoms with E-state index in [1.165, 1.54) is 30.3 Å². The lowest BCUT2D eigenvalue weighted by molar-refractivity contribution is 0.102. The Labute approximate surface area is 314 Å². The Kier molecular flexibility index (Phi) is 10.6. The Morgan fingerprint density at radius 2 is 1.27 bits per heavy atom. The topological polar surface area (TPSA) is 255 Å². The van der Waals surface area contributed by atoms with Gasteiger partial charge in [-0.05, 0) is 140 Å². The van der Waals surface area contributed by atoms with E-state index in [9.17, 15) is 31.0 Å². The molecule has 6 N–H and O–H groups in total. The van der Waals surface area contributed by atoms with Crippen LogP contribution >= 0.6 is 0 Å². The smallest absolute Gasteiger partial charge is 0.296 e. The summed E-state index contributed by atoms with van der Waals surface area (Å²) < 4.78 is 66.2. The molecule has 0 bridgehead atoms. The third kappa shape index (κ3) is 9.08. The molecule has 55 heavy (non-hydrogen) atoms. The zero-order chi connectivity index (χ0) is 39.5. The molecule has 1 aliphatic carbocycles. The standard InChI is InChI=1S/C37H30N8O8S2/c1-21-17-25(38)5-15-32(21)43-40-26-6-3-23(4-7-26)37(47)39-28-11-16-33(22(2)18-28)44-42-29-10-14-31-24(19-29)20-34(55(51,52)53)35(36(31)46)45-41-27-8-12-30(13-9-27)54(48,49)50/h3-20,41H,38H2,1-2H3,(H,39,47)(H,48,49,50)(H,51,52,53). The number of carbonyl (C=O) groups excluding carboxylic acids is 2. The van der Waals surface area contributed by atoms with E-state index in [1.807, 2.05) is 6.92 Å². The van der Waals surface area contributed by atoms with Crippen LogP contribution in [0.3, 0.4) is 0 Å². The van der Waals surface area contributed by atoms with Crippen LogP contribution in [0.15, 0.2) is 138 Å². The number of benzene rings is 5. The van der Waals surface area contributed by atoms with Gasteiger partial charge < -0.3 is 11.1 Å². The minimum atomic E-state index is -4.94. The van der Waals surface area contributed by atoms with Gasteiger partial charge in [-0.15, -0.1) is 0 Å². The van der Waals surface area contributed by atoms with Crippen molar-refractivity contribution < 1.29 is 35.5 Å². The summed E-state index contributed by atoms with van der Waals surface area (Å²) >= 11 is 0. The molecule has 1 aliphatic rings. The molecule has 0 radical (unpaired) electrons. The van der Waals surface area contributed by atoms with Gasteiger partial charge in [0.05, 0.1) is 33.3 Å². The van der Waals surface area contributed by atoms with E-state index in [0.29, 0.717) is 39.6 Å². The second-order valence-corrected chi connectivity index (χ2v) is 14.9. The summed E-state index contributed by atoms with van der Waals surface area (Å²) in [6, 6.07) is 25.9. The van der Waals surface area contributed by atoms with Gasteiger partial charge in [-0.2, -0.15) is 42.4 Å². The van der Waals surface area contributed by atoms with Crippen LogP contribution in [-0.4, -0.2) is 43.3 Å². The fourth-order valence-corrected chi connectivity index (χ4v) is 6.39. The van der Waals surface area contributed by atoms with E-state index < -0.39 is 36.6 Å². The molecule has 18 heteroatoms. The van der Waals surface area contributed by atoms with Gasteiger partial charge in [0, 0.05) is 22.5 Å². The van der Waals surface area contributed by atoms with Gasteiger partial charge >= 0.3 is 0 Å². The Morgan fingerprint density at radius 3 is 1.89 bits per heavy atom. The summed E-state index contributed by atoms with van der Waals surface area (Å²) in [6.07, 6.45) is 1.07. The van der Waals surface area contributed by atoms with Crippen molar-refractivity contribution in [1.82, 2.24) is 0 Å². The summed E-state index contributed by atoms with van der Waals surface area (Å²) in [7, 11) is -9.39. The highest BCUT2D eigenvalue weighted by atomic mass is 32.2. The van der Waals surface area contributed by atoms with Crippen LogP contribution in [0, 0.1) is 13.8 Å². The number of rotatable bonds is 10. The van der Waals surface area contributed by atoms with E-state index in [1.54, 1.807) is 67.6 Å². The minimum Gasteiger partial charge on any atom is -0.399 e. The number of allylic oxidation sites excluding steroid dienone is 1. The maximum atomic E-state index is 13.3. The summed E-state index contributed by atoms with van der Waals surface area (Å²) in [5.41, 5.74) is 13.1. The zero-order valence-corrected chi connectivity index (χ0v) is 30.5. The molecule has 0 saturated heterocycles. The molecule has 16 nitrogen and oxygen atoms in total. The SMILES string of the molecule is Cc1cc(N)ccc1N=Nc1ccc(C(=O)Nc2ccc(N=Nc3ccc4c(c3)C=C(S(=O)(=O)O)C(=NNc3ccc(S(=O)(=O)O)cc3)C4=O)c(C)c2)cc1. The molecule has 0 unspecified atom stereocenters. The largest absolute Gasteiger partial charge is 0.399 e. The number of azo groups is 2. The number of fused-ring (bicyclic) bond motifs is 1. The predicted molar refractivity (Wildman–Crippen MR) is 207 cm³/mol. The number of carbonyl (C=O) groups is 2. The van der Waals surface area contributed by atoms with Crippen LogP contribution in [0.5, 0.6) is 0 Å². The van der Waals surface area contributed by atoms with Gasteiger partial charge in [0.1, 0.15) is 4.91 Å². The van der Waals surface area contributed by atoms with Crippen molar-refractivity contribution >= 4 is 83.5 Å². The van der Waals surface area contributed by atoms with Crippen LogP contribution in [-0.2, 0) is 20.2 Å². The lowest BCUT2D eigenvalue weighted by Crippen LogP contribution is -2.27. The summed E-state index contributed by atoms with van der Waals surface area (Å²) in [4.78, 5) is 25.1. The number of anilines is 3. The number of aryl methyl sites for hydroxylation is 2. The second kappa shape index (κ2) is 15.3. The van der Waals surface area contributed by atoms with Gasteiger partial charge in [0.25, 0.3) is 26.1 Å². The second-order valence-electron chi connectivity index (χ2n) is 12.1. The third-order valence-corrected chi connectivity index (χ3v) is 9.83. The zero-order valence-electron chi connectivity index (χ0n) is 28.9. The molecule has 0 heterocycles. The molecule has 278 valence electrons. The van der Waals surface area contributed by atoms with Crippen molar-refractivity contribution in [1.29, 1.82) is 0 Å². The number of hydrogen-bond donors (Lipinski definition) is 5.